The van der Waals surface area contributed by atoms with Crippen molar-refractivity contribution in [2.24, 2.45) is 0 Å². The molecule has 53 heavy (non-hydrogen) atoms. The predicted molar refractivity (Wildman–Crippen MR) is 221 cm³/mol. The lowest BCUT2D eigenvalue weighted by molar-refractivity contribution is 0.660. The number of aromatic nitrogens is 4. The van der Waals surface area contributed by atoms with Crippen molar-refractivity contribution < 1.29 is 0 Å². The molecule has 7 aromatic carbocycles. The minimum Gasteiger partial charge on any atom is -0.309 e. The molecule has 1 aliphatic carbocycles. The van der Waals surface area contributed by atoms with E-state index in [1.165, 1.54) is 69.9 Å². The van der Waals surface area contributed by atoms with Crippen LogP contribution in [0.5, 0.6) is 0 Å². The van der Waals surface area contributed by atoms with Crippen LogP contribution in [0.3, 0.4) is 0 Å². The van der Waals surface area contributed by atoms with E-state index in [1.54, 1.807) is 0 Å². The Bertz CT molecular complexity index is 3020. The normalized spacial score (nSPS) is 13.2. The van der Waals surface area contributed by atoms with Gasteiger partial charge in [-0.1, -0.05) is 135 Å². The van der Waals surface area contributed by atoms with Gasteiger partial charge in [-0.25, -0.2) is 15.0 Å². The predicted octanol–water partition coefficient (Wildman–Crippen LogP) is 12.6. The van der Waals surface area contributed by atoms with Crippen LogP contribution in [0, 0.1) is 0 Å². The molecule has 0 spiro atoms. The Hall–Kier alpha value is -6.43. The highest BCUT2D eigenvalue weighted by molar-refractivity contribution is 7.26. The highest BCUT2D eigenvalue weighted by Gasteiger charge is 2.36. The summed E-state index contributed by atoms with van der Waals surface area (Å²) < 4.78 is 5.14. The maximum Gasteiger partial charge on any atom is 0.164 e. The molecule has 0 atom stereocenters. The van der Waals surface area contributed by atoms with Crippen molar-refractivity contribution in [1.29, 1.82) is 0 Å². The van der Waals surface area contributed by atoms with Gasteiger partial charge in [-0.05, 0) is 58.7 Å². The van der Waals surface area contributed by atoms with Crippen molar-refractivity contribution in [2.75, 3.05) is 0 Å². The van der Waals surface area contributed by atoms with Crippen LogP contribution in [-0.2, 0) is 5.41 Å². The van der Waals surface area contributed by atoms with Gasteiger partial charge >= 0.3 is 0 Å². The van der Waals surface area contributed by atoms with Crippen molar-refractivity contribution in [3.05, 3.63) is 169 Å². The zero-order valence-electron chi connectivity index (χ0n) is 29.2. The summed E-state index contributed by atoms with van der Waals surface area (Å²) in [7, 11) is 0. The monoisotopic (exact) mass is 696 g/mol. The van der Waals surface area contributed by atoms with Gasteiger partial charge in [0.2, 0.25) is 0 Å². The molecular formula is C48H32N4S. The smallest absolute Gasteiger partial charge is 0.164 e. The van der Waals surface area contributed by atoms with E-state index in [9.17, 15) is 0 Å². The zero-order chi connectivity index (χ0) is 35.3. The summed E-state index contributed by atoms with van der Waals surface area (Å²) in [6.07, 6.45) is 0. The largest absolute Gasteiger partial charge is 0.309 e. The fourth-order valence-corrected chi connectivity index (χ4v) is 9.71. The number of para-hydroxylation sites is 1. The summed E-state index contributed by atoms with van der Waals surface area (Å²) >= 11 is 1.90. The maximum absolute atomic E-state index is 5.04. The second kappa shape index (κ2) is 11.3. The summed E-state index contributed by atoms with van der Waals surface area (Å²) in [6.45, 7) is 4.69. The summed E-state index contributed by atoms with van der Waals surface area (Å²) in [4.78, 5) is 15.0. The molecule has 3 heterocycles. The number of nitrogens with zero attached hydrogens (tertiary/aromatic N) is 4. The van der Waals surface area contributed by atoms with Crippen LogP contribution in [-0.4, -0.2) is 19.5 Å². The lowest BCUT2D eigenvalue weighted by atomic mass is 9.82. The van der Waals surface area contributed by atoms with Crippen molar-refractivity contribution in [3.63, 3.8) is 0 Å². The minimum atomic E-state index is -0.244. The van der Waals surface area contributed by atoms with Gasteiger partial charge in [0, 0.05) is 58.7 Å². The van der Waals surface area contributed by atoms with E-state index in [4.69, 9.17) is 15.0 Å². The van der Waals surface area contributed by atoms with Crippen LogP contribution in [0.25, 0.3) is 93.0 Å². The van der Waals surface area contributed by atoms with Crippen molar-refractivity contribution in [3.8, 4) is 51.0 Å². The van der Waals surface area contributed by atoms with Crippen LogP contribution >= 0.6 is 11.3 Å². The average Bonchev–Trinajstić information content (AvgIpc) is 3.83. The molecule has 0 bridgehead atoms. The van der Waals surface area contributed by atoms with Crippen LogP contribution in [0.15, 0.2) is 158 Å². The Morgan fingerprint density at radius 1 is 0.472 bits per heavy atom. The lowest BCUT2D eigenvalue weighted by Crippen LogP contribution is -2.15. The Kier molecular flexibility index (Phi) is 6.43. The first-order valence-corrected chi connectivity index (χ1v) is 18.9. The third-order valence-corrected chi connectivity index (χ3v) is 12.3. The third-order valence-electron chi connectivity index (χ3n) is 11.1. The molecule has 10 aromatic rings. The van der Waals surface area contributed by atoms with Gasteiger partial charge in [0.05, 0.1) is 11.0 Å². The Balaban J connectivity index is 1.06. The molecule has 0 saturated carbocycles. The first kappa shape index (κ1) is 30.2. The van der Waals surface area contributed by atoms with E-state index in [-0.39, 0.29) is 5.41 Å². The van der Waals surface area contributed by atoms with Crippen LogP contribution in [0.2, 0.25) is 0 Å². The van der Waals surface area contributed by atoms with Crippen molar-refractivity contribution in [1.82, 2.24) is 19.5 Å². The first-order valence-electron chi connectivity index (χ1n) is 18.0. The molecule has 250 valence electrons. The molecule has 5 heteroatoms. The molecule has 11 rings (SSSR count). The molecule has 4 nitrogen and oxygen atoms in total. The summed E-state index contributed by atoms with van der Waals surface area (Å²) in [5.41, 5.74) is 11.4. The van der Waals surface area contributed by atoms with E-state index in [2.05, 4.69) is 140 Å². The Morgan fingerprint density at radius 2 is 1.06 bits per heavy atom. The third kappa shape index (κ3) is 4.51. The second-order valence-corrected chi connectivity index (χ2v) is 15.5. The average molecular weight is 697 g/mol. The molecule has 0 radical (unpaired) electrons. The van der Waals surface area contributed by atoms with Crippen molar-refractivity contribution in [2.45, 2.75) is 19.3 Å². The van der Waals surface area contributed by atoms with Gasteiger partial charge in [0.1, 0.15) is 0 Å². The van der Waals surface area contributed by atoms with E-state index < -0.39 is 0 Å². The van der Waals surface area contributed by atoms with E-state index in [0.717, 1.165) is 16.7 Å². The van der Waals surface area contributed by atoms with Gasteiger partial charge in [0.25, 0.3) is 0 Å². The fraction of sp³-hybridized carbons (Fsp3) is 0.0625. The molecule has 0 unspecified atom stereocenters. The van der Waals surface area contributed by atoms with E-state index >= 15 is 0 Å². The molecule has 1 aliphatic rings. The zero-order valence-corrected chi connectivity index (χ0v) is 30.0. The molecular weight excluding hydrogens is 665 g/mol. The number of rotatable bonds is 4. The molecule has 0 fully saturated rings. The molecule has 0 saturated heterocycles. The van der Waals surface area contributed by atoms with Crippen LogP contribution in [0.4, 0.5) is 0 Å². The van der Waals surface area contributed by atoms with E-state index in [1.807, 2.05) is 47.7 Å². The lowest BCUT2D eigenvalue weighted by Gasteiger charge is -2.23. The van der Waals surface area contributed by atoms with Crippen LogP contribution in [0.1, 0.15) is 25.0 Å². The summed E-state index contributed by atoms with van der Waals surface area (Å²) in [5, 5.41) is 5.27. The summed E-state index contributed by atoms with van der Waals surface area (Å²) in [6, 6.07) is 56.3. The Labute approximate surface area is 310 Å². The maximum atomic E-state index is 5.04. The van der Waals surface area contributed by atoms with Gasteiger partial charge < -0.3 is 4.57 Å². The fourth-order valence-electron chi connectivity index (χ4n) is 8.45. The second-order valence-electron chi connectivity index (χ2n) is 14.4. The first-order chi connectivity index (χ1) is 26.0. The Morgan fingerprint density at radius 3 is 1.77 bits per heavy atom. The van der Waals surface area contributed by atoms with Crippen LogP contribution < -0.4 is 0 Å². The highest BCUT2D eigenvalue weighted by atomic mass is 32.1. The van der Waals surface area contributed by atoms with Gasteiger partial charge in [-0.15, -0.1) is 11.3 Å². The number of fused-ring (bicyclic) bond motifs is 10. The van der Waals surface area contributed by atoms with Crippen molar-refractivity contribution >= 4 is 53.3 Å². The number of thiophene rings is 1. The molecule has 0 aliphatic heterocycles. The molecule has 0 amide bonds. The molecule has 0 N–H and O–H groups in total. The highest BCUT2D eigenvalue weighted by Crippen LogP contribution is 2.51. The standard InChI is InChI=1S/C48H32N4S/c1-48(2)38-27-31(47-50-45(29-13-5-3-6-14-29)49-46(51-47)30-15-7-4-8-16-30)21-23-33(38)34-24-22-32(28-39(34)48)52-40-19-11-9-18-37(40)43-41(52)26-25-36-35-17-10-12-20-42(35)53-44(36)43/h3-28H,1-2H3. The van der Waals surface area contributed by atoms with Gasteiger partial charge in [-0.2, -0.15) is 0 Å². The summed E-state index contributed by atoms with van der Waals surface area (Å²) in [5.74, 6) is 2.01. The number of hydrogen-bond acceptors (Lipinski definition) is 4. The number of hydrogen-bond donors (Lipinski definition) is 0. The quantitative estimate of drug-likeness (QED) is 0.184. The minimum absolute atomic E-state index is 0.244. The van der Waals surface area contributed by atoms with Gasteiger partial charge in [0.15, 0.2) is 17.5 Å². The number of benzene rings is 7. The SMILES string of the molecule is CC1(C)c2cc(-c3nc(-c4ccccc4)nc(-c4ccccc4)n3)ccc2-c2ccc(-n3c4ccccc4c4c5sc6ccccc6c5ccc43)cc21. The van der Waals surface area contributed by atoms with E-state index in [0.29, 0.717) is 17.5 Å². The van der Waals surface area contributed by atoms with Gasteiger partial charge in [-0.3, -0.25) is 0 Å². The molecule has 3 aromatic heterocycles. The topological polar surface area (TPSA) is 43.6 Å².